The highest BCUT2D eigenvalue weighted by Crippen LogP contribution is 2.35. The fourth-order valence-electron chi connectivity index (χ4n) is 3.85. The number of carbonyl (C=O) groups excluding carboxylic acids is 2. The molecule has 0 saturated carbocycles. The van der Waals surface area contributed by atoms with E-state index in [2.05, 4.69) is 10.1 Å². The van der Waals surface area contributed by atoms with Gasteiger partial charge in [-0.3, -0.25) is 14.0 Å². The summed E-state index contributed by atoms with van der Waals surface area (Å²) in [6.45, 7) is 1.88. The van der Waals surface area contributed by atoms with Crippen LogP contribution in [0.3, 0.4) is 0 Å². The zero-order valence-corrected chi connectivity index (χ0v) is 16.4. The first-order valence-electron chi connectivity index (χ1n) is 9.78. The molecule has 10 nitrogen and oxygen atoms in total. The Kier molecular flexibility index (Phi) is 4.27. The van der Waals surface area contributed by atoms with Gasteiger partial charge in [0.25, 0.3) is 5.91 Å². The SMILES string of the molecule is Cn1nc2cc(N3CCOc4cc(C(=O)N5CCC(=O)CC5)cnc43)ccn2c1=O. The number of anilines is 2. The predicted octanol–water partition coefficient (Wildman–Crippen LogP) is 0.764. The first kappa shape index (κ1) is 18.3. The molecular formula is C20H20N6O4. The molecule has 1 fully saturated rings. The molecule has 2 aliphatic heterocycles. The number of pyridine rings is 2. The largest absolute Gasteiger partial charge is 0.488 e. The Balaban J connectivity index is 1.45. The number of Topliss-reactive ketones (excluding diaryl/α,β-unsaturated/α-hetero) is 1. The highest BCUT2D eigenvalue weighted by molar-refractivity contribution is 5.96. The van der Waals surface area contributed by atoms with Gasteiger partial charge in [-0.05, 0) is 12.1 Å². The zero-order valence-electron chi connectivity index (χ0n) is 16.4. The highest BCUT2D eigenvalue weighted by Gasteiger charge is 2.26. The lowest BCUT2D eigenvalue weighted by atomic mass is 10.1. The van der Waals surface area contributed by atoms with Crippen LogP contribution in [-0.4, -0.2) is 62.0 Å². The summed E-state index contributed by atoms with van der Waals surface area (Å²) in [5, 5.41) is 4.23. The van der Waals surface area contributed by atoms with Crippen LogP contribution in [0.4, 0.5) is 11.5 Å². The minimum Gasteiger partial charge on any atom is -0.488 e. The van der Waals surface area contributed by atoms with Gasteiger partial charge >= 0.3 is 5.69 Å². The lowest BCUT2D eigenvalue weighted by Crippen LogP contribution is -2.38. The van der Waals surface area contributed by atoms with E-state index in [0.717, 1.165) is 5.69 Å². The quantitative estimate of drug-likeness (QED) is 0.617. The zero-order chi connectivity index (χ0) is 20.8. The Morgan fingerprint density at radius 1 is 1.13 bits per heavy atom. The van der Waals surface area contributed by atoms with Crippen molar-refractivity contribution in [3.63, 3.8) is 0 Å². The maximum absolute atomic E-state index is 12.8. The molecule has 10 heteroatoms. The number of nitrogens with zero attached hydrogens (tertiary/aromatic N) is 6. The molecule has 0 aliphatic carbocycles. The highest BCUT2D eigenvalue weighted by atomic mass is 16.5. The molecule has 0 radical (unpaired) electrons. The van der Waals surface area contributed by atoms with Crippen LogP contribution in [-0.2, 0) is 11.8 Å². The Morgan fingerprint density at radius 3 is 2.73 bits per heavy atom. The minimum atomic E-state index is -0.209. The van der Waals surface area contributed by atoms with E-state index in [1.807, 2.05) is 17.0 Å². The second-order valence-corrected chi connectivity index (χ2v) is 7.40. The molecule has 0 spiro atoms. The van der Waals surface area contributed by atoms with E-state index in [0.29, 0.717) is 61.9 Å². The molecule has 1 saturated heterocycles. The fourth-order valence-corrected chi connectivity index (χ4v) is 3.85. The average molecular weight is 408 g/mol. The van der Waals surface area contributed by atoms with Crippen molar-refractivity contribution in [3.05, 3.63) is 46.6 Å². The Morgan fingerprint density at radius 2 is 1.93 bits per heavy atom. The molecule has 0 aromatic carbocycles. The summed E-state index contributed by atoms with van der Waals surface area (Å²) in [5.74, 6) is 1.18. The molecule has 5 rings (SSSR count). The van der Waals surface area contributed by atoms with Crippen molar-refractivity contribution < 1.29 is 14.3 Å². The Labute approximate surface area is 171 Å². The number of aromatic nitrogens is 4. The molecule has 2 aliphatic rings. The average Bonchev–Trinajstić information content (AvgIpc) is 3.06. The van der Waals surface area contributed by atoms with Crippen LogP contribution in [0.2, 0.25) is 0 Å². The summed E-state index contributed by atoms with van der Waals surface area (Å²) >= 11 is 0. The van der Waals surface area contributed by atoms with E-state index in [4.69, 9.17) is 4.74 Å². The van der Waals surface area contributed by atoms with Crippen LogP contribution in [0, 0.1) is 0 Å². The summed E-state index contributed by atoms with van der Waals surface area (Å²) in [6, 6.07) is 5.36. The molecule has 3 aromatic rings. The van der Waals surface area contributed by atoms with Gasteiger partial charge in [-0.25, -0.2) is 14.5 Å². The number of carbonyl (C=O) groups is 2. The Bertz CT molecular complexity index is 1220. The van der Waals surface area contributed by atoms with Crippen LogP contribution in [0.15, 0.2) is 35.4 Å². The van der Waals surface area contributed by atoms with E-state index < -0.39 is 0 Å². The molecule has 0 N–H and O–H groups in total. The normalized spacial score (nSPS) is 16.5. The molecule has 0 atom stereocenters. The molecule has 3 aromatic heterocycles. The third-order valence-corrected chi connectivity index (χ3v) is 5.48. The Hall–Kier alpha value is -3.69. The standard InChI is InChI=1S/C20H20N6O4/c1-23-20(29)26-7-2-14(11-17(26)22-23)25-8-9-30-16-10-13(12-21-18(16)25)19(28)24-5-3-15(27)4-6-24/h2,7,10-12H,3-6,8-9H2,1H3. The molecule has 0 bridgehead atoms. The van der Waals surface area contributed by atoms with Crippen LogP contribution < -0.4 is 15.3 Å². The summed E-state index contributed by atoms with van der Waals surface area (Å²) < 4.78 is 8.54. The topological polar surface area (TPSA) is 102 Å². The van der Waals surface area contributed by atoms with Gasteiger partial charge in [0.15, 0.2) is 17.2 Å². The first-order chi connectivity index (χ1) is 14.5. The van der Waals surface area contributed by atoms with Crippen molar-refractivity contribution in [2.45, 2.75) is 12.8 Å². The lowest BCUT2D eigenvalue weighted by Gasteiger charge is -2.31. The van der Waals surface area contributed by atoms with Gasteiger partial charge in [0, 0.05) is 57.1 Å². The van der Waals surface area contributed by atoms with Crippen molar-refractivity contribution in [2.24, 2.45) is 7.05 Å². The smallest absolute Gasteiger partial charge is 0.350 e. The second-order valence-electron chi connectivity index (χ2n) is 7.40. The van der Waals surface area contributed by atoms with E-state index in [-0.39, 0.29) is 17.4 Å². The number of aryl methyl sites for hydroxylation is 1. The summed E-state index contributed by atoms with van der Waals surface area (Å²) in [6.07, 6.45) is 4.02. The maximum Gasteiger partial charge on any atom is 0.350 e. The van der Waals surface area contributed by atoms with Crippen molar-refractivity contribution in [3.8, 4) is 5.75 Å². The van der Waals surface area contributed by atoms with Crippen molar-refractivity contribution in [1.29, 1.82) is 0 Å². The van der Waals surface area contributed by atoms with Crippen molar-refractivity contribution >= 4 is 28.8 Å². The number of ether oxygens (including phenoxy) is 1. The van der Waals surface area contributed by atoms with Gasteiger partial charge in [-0.15, -0.1) is 0 Å². The number of ketones is 1. The molecule has 5 heterocycles. The third kappa shape index (κ3) is 3.00. The number of amides is 1. The predicted molar refractivity (Wildman–Crippen MR) is 107 cm³/mol. The summed E-state index contributed by atoms with van der Waals surface area (Å²) in [7, 11) is 1.61. The van der Waals surface area contributed by atoms with E-state index in [1.165, 1.54) is 9.08 Å². The first-order valence-corrected chi connectivity index (χ1v) is 9.78. The van der Waals surface area contributed by atoms with Gasteiger partial charge in [0.05, 0.1) is 12.1 Å². The van der Waals surface area contributed by atoms with Gasteiger partial charge in [0.1, 0.15) is 12.4 Å². The maximum atomic E-state index is 12.8. The van der Waals surface area contributed by atoms with Crippen LogP contribution >= 0.6 is 0 Å². The van der Waals surface area contributed by atoms with Gasteiger partial charge < -0.3 is 14.5 Å². The molecule has 0 unspecified atom stereocenters. The van der Waals surface area contributed by atoms with Crippen molar-refractivity contribution in [1.82, 2.24) is 24.1 Å². The van der Waals surface area contributed by atoms with Crippen molar-refractivity contribution in [2.75, 3.05) is 31.1 Å². The fraction of sp³-hybridized carbons (Fsp3) is 0.350. The number of likely N-dealkylation sites (tertiary alicyclic amines) is 1. The number of hydrogen-bond donors (Lipinski definition) is 0. The van der Waals surface area contributed by atoms with E-state index in [9.17, 15) is 14.4 Å². The summed E-state index contributed by atoms with van der Waals surface area (Å²) in [4.78, 5) is 44.4. The third-order valence-electron chi connectivity index (χ3n) is 5.48. The number of hydrogen-bond acceptors (Lipinski definition) is 7. The van der Waals surface area contributed by atoms with Crippen LogP contribution in [0.5, 0.6) is 5.75 Å². The van der Waals surface area contributed by atoms with Gasteiger partial charge in [0.2, 0.25) is 0 Å². The molecular weight excluding hydrogens is 388 g/mol. The minimum absolute atomic E-state index is 0.146. The van der Waals surface area contributed by atoms with E-state index in [1.54, 1.807) is 30.4 Å². The van der Waals surface area contributed by atoms with Gasteiger partial charge in [-0.2, -0.15) is 5.10 Å². The second kappa shape index (κ2) is 6.97. The van der Waals surface area contributed by atoms with Crippen LogP contribution in [0.25, 0.3) is 5.65 Å². The molecule has 154 valence electrons. The number of fused-ring (bicyclic) bond motifs is 2. The molecule has 1 amide bonds. The van der Waals surface area contributed by atoms with Crippen LogP contribution in [0.1, 0.15) is 23.2 Å². The lowest BCUT2D eigenvalue weighted by molar-refractivity contribution is -0.120. The molecule has 30 heavy (non-hydrogen) atoms. The number of piperidine rings is 1. The number of rotatable bonds is 2. The monoisotopic (exact) mass is 408 g/mol. The summed E-state index contributed by atoms with van der Waals surface area (Å²) in [5.41, 5.74) is 1.61. The van der Waals surface area contributed by atoms with E-state index >= 15 is 0 Å². The van der Waals surface area contributed by atoms with Gasteiger partial charge in [-0.1, -0.05) is 0 Å².